The molecule has 0 saturated carbocycles. The van der Waals surface area contributed by atoms with Gasteiger partial charge in [0.05, 0.1) is 0 Å². The van der Waals surface area contributed by atoms with Crippen LogP contribution in [0.3, 0.4) is 0 Å². The van der Waals surface area contributed by atoms with Crippen LogP contribution in [0.1, 0.15) is 54.0 Å². The Morgan fingerprint density at radius 3 is 2.50 bits per heavy atom. The first-order valence-corrected chi connectivity index (χ1v) is 9.97. The third kappa shape index (κ3) is 5.09. The van der Waals surface area contributed by atoms with Gasteiger partial charge < -0.3 is 15.5 Å². The SMILES string of the molecule is CCCNC(=O)c1ccnc(C(=O)Nc2ccc(N3CCC(C)CC3)cc2)c1. The Balaban J connectivity index is 1.62. The van der Waals surface area contributed by atoms with E-state index in [0.29, 0.717) is 17.8 Å². The third-order valence-corrected chi connectivity index (χ3v) is 5.06. The van der Waals surface area contributed by atoms with Crippen molar-refractivity contribution in [2.75, 3.05) is 29.9 Å². The zero-order valence-corrected chi connectivity index (χ0v) is 16.6. The van der Waals surface area contributed by atoms with Crippen LogP contribution in [0.2, 0.25) is 0 Å². The molecule has 1 aliphatic heterocycles. The molecule has 2 amide bonds. The van der Waals surface area contributed by atoms with E-state index in [1.807, 2.05) is 31.2 Å². The highest BCUT2D eigenvalue weighted by atomic mass is 16.2. The molecule has 2 aromatic rings. The lowest BCUT2D eigenvalue weighted by Crippen LogP contribution is -2.32. The lowest BCUT2D eigenvalue weighted by Gasteiger charge is -2.32. The quantitative estimate of drug-likeness (QED) is 0.801. The topological polar surface area (TPSA) is 74.3 Å². The summed E-state index contributed by atoms with van der Waals surface area (Å²) in [7, 11) is 0. The Bertz CT molecular complexity index is 812. The molecule has 0 spiro atoms. The van der Waals surface area contributed by atoms with Gasteiger partial charge >= 0.3 is 0 Å². The summed E-state index contributed by atoms with van der Waals surface area (Å²) in [5.41, 5.74) is 2.54. The maximum absolute atomic E-state index is 12.5. The molecule has 0 atom stereocenters. The van der Waals surface area contributed by atoms with Crippen LogP contribution in [-0.2, 0) is 0 Å². The molecule has 0 radical (unpaired) electrons. The van der Waals surface area contributed by atoms with Crippen LogP contribution in [0, 0.1) is 5.92 Å². The third-order valence-electron chi connectivity index (χ3n) is 5.06. The van der Waals surface area contributed by atoms with E-state index in [2.05, 4.69) is 27.4 Å². The van der Waals surface area contributed by atoms with Crippen molar-refractivity contribution in [3.63, 3.8) is 0 Å². The number of pyridine rings is 1. The molecule has 6 nitrogen and oxygen atoms in total. The summed E-state index contributed by atoms with van der Waals surface area (Å²) in [5, 5.41) is 5.65. The number of piperidine rings is 1. The van der Waals surface area contributed by atoms with Gasteiger partial charge in [-0.2, -0.15) is 0 Å². The molecule has 2 heterocycles. The Morgan fingerprint density at radius 1 is 1.11 bits per heavy atom. The number of anilines is 2. The van der Waals surface area contributed by atoms with Gasteiger partial charge in [-0.25, -0.2) is 0 Å². The Labute approximate surface area is 166 Å². The molecule has 1 aliphatic rings. The predicted molar refractivity (Wildman–Crippen MR) is 112 cm³/mol. The molecule has 1 fully saturated rings. The maximum atomic E-state index is 12.5. The highest BCUT2D eigenvalue weighted by molar-refractivity contribution is 6.04. The number of rotatable bonds is 6. The van der Waals surface area contributed by atoms with Gasteiger partial charge in [0.1, 0.15) is 5.69 Å². The zero-order valence-electron chi connectivity index (χ0n) is 16.6. The molecule has 1 aromatic carbocycles. The van der Waals surface area contributed by atoms with Crippen LogP contribution in [0.25, 0.3) is 0 Å². The van der Waals surface area contributed by atoms with Crippen molar-refractivity contribution < 1.29 is 9.59 Å². The molecular formula is C22H28N4O2. The van der Waals surface area contributed by atoms with Crippen molar-refractivity contribution in [1.82, 2.24) is 10.3 Å². The molecule has 3 rings (SSSR count). The van der Waals surface area contributed by atoms with Gasteiger partial charge in [0.2, 0.25) is 0 Å². The van der Waals surface area contributed by atoms with Gasteiger partial charge in [-0.05, 0) is 61.6 Å². The van der Waals surface area contributed by atoms with Gasteiger partial charge in [0.15, 0.2) is 0 Å². The van der Waals surface area contributed by atoms with Crippen molar-refractivity contribution in [2.24, 2.45) is 5.92 Å². The zero-order chi connectivity index (χ0) is 19.9. The van der Waals surface area contributed by atoms with Gasteiger partial charge in [0.25, 0.3) is 11.8 Å². The van der Waals surface area contributed by atoms with Crippen molar-refractivity contribution in [3.05, 3.63) is 53.9 Å². The fraction of sp³-hybridized carbons (Fsp3) is 0.409. The minimum atomic E-state index is -0.329. The molecule has 28 heavy (non-hydrogen) atoms. The monoisotopic (exact) mass is 380 g/mol. The fourth-order valence-electron chi connectivity index (χ4n) is 3.25. The van der Waals surface area contributed by atoms with Crippen molar-refractivity contribution in [2.45, 2.75) is 33.1 Å². The second-order valence-corrected chi connectivity index (χ2v) is 7.36. The summed E-state index contributed by atoms with van der Waals surface area (Å²) >= 11 is 0. The predicted octanol–water partition coefficient (Wildman–Crippen LogP) is 3.71. The summed E-state index contributed by atoms with van der Waals surface area (Å²) < 4.78 is 0. The molecule has 148 valence electrons. The second kappa shape index (κ2) is 9.35. The number of nitrogens with one attached hydrogen (secondary N) is 2. The first kappa shape index (κ1) is 19.9. The van der Waals surface area contributed by atoms with Crippen molar-refractivity contribution >= 4 is 23.2 Å². The van der Waals surface area contributed by atoms with Crippen molar-refractivity contribution in [3.8, 4) is 0 Å². The van der Waals surface area contributed by atoms with Crippen LogP contribution < -0.4 is 15.5 Å². The first-order chi connectivity index (χ1) is 13.6. The first-order valence-electron chi connectivity index (χ1n) is 9.97. The second-order valence-electron chi connectivity index (χ2n) is 7.36. The summed E-state index contributed by atoms with van der Waals surface area (Å²) in [6, 6.07) is 11.0. The van der Waals surface area contributed by atoms with Crippen LogP contribution in [-0.4, -0.2) is 36.4 Å². The highest BCUT2D eigenvalue weighted by Crippen LogP contribution is 2.24. The largest absolute Gasteiger partial charge is 0.372 e. The van der Waals surface area contributed by atoms with E-state index in [4.69, 9.17) is 0 Å². The number of aromatic nitrogens is 1. The number of hydrogen-bond acceptors (Lipinski definition) is 4. The summed E-state index contributed by atoms with van der Waals surface area (Å²) in [5.74, 6) is 0.269. The summed E-state index contributed by atoms with van der Waals surface area (Å²) in [4.78, 5) is 31.1. The summed E-state index contributed by atoms with van der Waals surface area (Å²) in [6.07, 6.45) is 4.77. The number of amides is 2. The standard InChI is InChI=1S/C22H28N4O2/c1-3-11-24-21(27)17-8-12-23-20(15-17)22(28)25-18-4-6-19(7-5-18)26-13-9-16(2)10-14-26/h4-8,12,15-16H,3,9-11,13-14H2,1-2H3,(H,24,27)(H,25,28). The minimum Gasteiger partial charge on any atom is -0.372 e. The minimum absolute atomic E-state index is 0.196. The number of hydrogen-bond donors (Lipinski definition) is 2. The van der Waals surface area contributed by atoms with Crippen LogP contribution in [0.4, 0.5) is 11.4 Å². The van der Waals surface area contributed by atoms with E-state index < -0.39 is 0 Å². The van der Waals surface area contributed by atoms with E-state index in [0.717, 1.165) is 25.4 Å². The van der Waals surface area contributed by atoms with Gasteiger partial charge in [0, 0.05) is 42.8 Å². The fourth-order valence-corrected chi connectivity index (χ4v) is 3.25. The molecule has 1 saturated heterocycles. The lowest BCUT2D eigenvalue weighted by molar-refractivity contribution is 0.0953. The van der Waals surface area contributed by atoms with Crippen LogP contribution in [0.5, 0.6) is 0 Å². The molecule has 1 aromatic heterocycles. The molecular weight excluding hydrogens is 352 g/mol. The normalized spacial score (nSPS) is 14.6. The Morgan fingerprint density at radius 2 is 1.82 bits per heavy atom. The van der Waals surface area contributed by atoms with Gasteiger partial charge in [-0.1, -0.05) is 13.8 Å². The molecule has 6 heteroatoms. The summed E-state index contributed by atoms with van der Waals surface area (Å²) in [6.45, 7) is 7.04. The highest BCUT2D eigenvalue weighted by Gasteiger charge is 2.16. The Hall–Kier alpha value is -2.89. The molecule has 2 N–H and O–H groups in total. The number of carbonyl (C=O) groups excluding carboxylic acids is 2. The number of nitrogens with zero attached hydrogens (tertiary/aromatic N) is 2. The van der Waals surface area contributed by atoms with Gasteiger partial charge in [-0.15, -0.1) is 0 Å². The maximum Gasteiger partial charge on any atom is 0.274 e. The van der Waals surface area contributed by atoms with E-state index >= 15 is 0 Å². The smallest absolute Gasteiger partial charge is 0.274 e. The Kier molecular flexibility index (Phi) is 6.63. The average molecular weight is 380 g/mol. The van der Waals surface area contributed by atoms with E-state index in [9.17, 15) is 9.59 Å². The van der Waals surface area contributed by atoms with E-state index in [1.165, 1.54) is 30.8 Å². The van der Waals surface area contributed by atoms with E-state index in [1.54, 1.807) is 6.07 Å². The number of benzene rings is 1. The average Bonchev–Trinajstić information content (AvgIpc) is 2.73. The number of carbonyl (C=O) groups is 2. The molecule has 0 bridgehead atoms. The molecule has 0 unspecified atom stereocenters. The molecule has 0 aliphatic carbocycles. The lowest BCUT2D eigenvalue weighted by atomic mass is 9.99. The van der Waals surface area contributed by atoms with Gasteiger partial charge in [-0.3, -0.25) is 14.6 Å². The van der Waals surface area contributed by atoms with Crippen molar-refractivity contribution in [1.29, 1.82) is 0 Å². The van der Waals surface area contributed by atoms with E-state index in [-0.39, 0.29) is 17.5 Å². The van der Waals surface area contributed by atoms with Crippen LogP contribution in [0.15, 0.2) is 42.6 Å². The van der Waals surface area contributed by atoms with Crippen LogP contribution >= 0.6 is 0 Å².